The molecule has 1 aliphatic rings. The molecule has 1 aliphatic heterocycles. The number of fused-ring (bicyclic) bond motifs is 1. The standard InChI is InChI=1S/C31H47N5O6/c1-17(2)22(24(37)26-34-35-28(41-26)30(5,6)7)32-25(38)21-15-19-13-11-12-14-20(19)16-36(21)27(39)23(18(3)4)33-29(40)42-31(8,9)10/h11-14,17-18,21-24,37H,15-16H2,1-10H3,(H,32,38)(H,33,40)/t21-,22-,23-,24?/m0/s1. The number of aliphatic hydroxyl groups is 1. The van der Waals surface area contributed by atoms with Crippen molar-refractivity contribution in [2.75, 3.05) is 0 Å². The summed E-state index contributed by atoms with van der Waals surface area (Å²) in [6, 6.07) is 5.10. The minimum atomic E-state index is -1.25. The molecule has 1 aromatic heterocycles. The first kappa shape index (κ1) is 33.0. The second-order valence-electron chi connectivity index (χ2n) is 13.7. The summed E-state index contributed by atoms with van der Waals surface area (Å²) in [5.74, 6) is -0.896. The predicted molar refractivity (Wildman–Crippen MR) is 157 cm³/mol. The number of hydrogen-bond acceptors (Lipinski definition) is 8. The van der Waals surface area contributed by atoms with Crippen LogP contribution in [0.3, 0.4) is 0 Å². The lowest BCUT2D eigenvalue weighted by molar-refractivity contribution is -0.145. The van der Waals surface area contributed by atoms with Gasteiger partial charge in [0.2, 0.25) is 23.6 Å². The fraction of sp³-hybridized carbons (Fsp3) is 0.645. The Bertz CT molecular complexity index is 1260. The van der Waals surface area contributed by atoms with Gasteiger partial charge in [0, 0.05) is 18.4 Å². The van der Waals surface area contributed by atoms with E-state index in [0.29, 0.717) is 5.89 Å². The molecule has 11 nitrogen and oxygen atoms in total. The topological polar surface area (TPSA) is 147 Å². The van der Waals surface area contributed by atoms with Crippen LogP contribution in [0.15, 0.2) is 28.7 Å². The summed E-state index contributed by atoms with van der Waals surface area (Å²) in [5, 5.41) is 25.0. The Morgan fingerprint density at radius 1 is 0.976 bits per heavy atom. The molecular formula is C31H47N5O6. The molecule has 0 radical (unpaired) electrons. The van der Waals surface area contributed by atoms with Crippen LogP contribution in [0, 0.1) is 11.8 Å². The van der Waals surface area contributed by atoms with Gasteiger partial charge in [-0.15, -0.1) is 10.2 Å². The van der Waals surface area contributed by atoms with Gasteiger partial charge in [-0.3, -0.25) is 9.59 Å². The van der Waals surface area contributed by atoms with Gasteiger partial charge < -0.3 is 29.8 Å². The molecule has 1 unspecified atom stereocenters. The smallest absolute Gasteiger partial charge is 0.408 e. The summed E-state index contributed by atoms with van der Waals surface area (Å²) in [6.07, 6.45) is -1.68. The largest absolute Gasteiger partial charge is 0.444 e. The van der Waals surface area contributed by atoms with E-state index in [1.54, 1.807) is 20.8 Å². The van der Waals surface area contributed by atoms with Crippen molar-refractivity contribution in [3.8, 4) is 0 Å². The summed E-state index contributed by atoms with van der Waals surface area (Å²) in [6.45, 7) is 18.6. The Morgan fingerprint density at radius 3 is 2.12 bits per heavy atom. The summed E-state index contributed by atoms with van der Waals surface area (Å²) in [7, 11) is 0. The van der Waals surface area contributed by atoms with Gasteiger partial charge in [-0.05, 0) is 43.7 Å². The molecule has 0 spiro atoms. The Hall–Kier alpha value is -3.47. The van der Waals surface area contributed by atoms with Gasteiger partial charge in [-0.1, -0.05) is 72.7 Å². The number of nitrogens with one attached hydrogen (secondary N) is 2. The van der Waals surface area contributed by atoms with E-state index in [1.807, 2.05) is 72.7 Å². The first-order chi connectivity index (χ1) is 19.4. The minimum Gasteiger partial charge on any atom is -0.444 e. The number of aliphatic hydroxyl groups excluding tert-OH is 1. The van der Waals surface area contributed by atoms with Crippen molar-refractivity contribution in [2.45, 2.75) is 117 Å². The summed E-state index contributed by atoms with van der Waals surface area (Å²) in [4.78, 5) is 42.1. The van der Waals surface area contributed by atoms with E-state index >= 15 is 0 Å². The highest BCUT2D eigenvalue weighted by atomic mass is 16.6. The third kappa shape index (κ3) is 8.08. The van der Waals surface area contributed by atoms with Crippen molar-refractivity contribution in [3.63, 3.8) is 0 Å². The van der Waals surface area contributed by atoms with Gasteiger partial charge in [0.1, 0.15) is 17.7 Å². The summed E-state index contributed by atoms with van der Waals surface area (Å²) in [5.41, 5.74) is 0.741. The molecule has 0 bridgehead atoms. The quantitative estimate of drug-likeness (QED) is 0.421. The average molecular weight is 586 g/mol. The van der Waals surface area contributed by atoms with E-state index in [4.69, 9.17) is 9.15 Å². The molecule has 0 saturated carbocycles. The molecule has 2 heterocycles. The maximum atomic E-state index is 14.0. The molecule has 11 heteroatoms. The van der Waals surface area contributed by atoms with Crippen LogP contribution in [0.1, 0.15) is 98.2 Å². The van der Waals surface area contributed by atoms with E-state index < -0.39 is 47.2 Å². The summed E-state index contributed by atoms with van der Waals surface area (Å²) >= 11 is 0. The molecule has 3 amide bonds. The Morgan fingerprint density at radius 2 is 1.60 bits per heavy atom. The maximum absolute atomic E-state index is 14.0. The lowest BCUT2D eigenvalue weighted by atomic mass is 9.90. The number of alkyl carbamates (subject to hydrolysis) is 1. The number of hydrogen-bond donors (Lipinski definition) is 3. The van der Waals surface area contributed by atoms with E-state index in [2.05, 4.69) is 20.8 Å². The monoisotopic (exact) mass is 585 g/mol. The molecule has 232 valence electrons. The molecule has 0 aliphatic carbocycles. The molecule has 4 atom stereocenters. The predicted octanol–water partition coefficient (Wildman–Crippen LogP) is 4.04. The van der Waals surface area contributed by atoms with Crippen molar-refractivity contribution in [1.82, 2.24) is 25.7 Å². The zero-order chi connectivity index (χ0) is 31.6. The zero-order valence-corrected chi connectivity index (χ0v) is 26.5. The van der Waals surface area contributed by atoms with Crippen LogP contribution in [0.2, 0.25) is 0 Å². The molecule has 0 saturated heterocycles. The average Bonchev–Trinajstić information content (AvgIpc) is 3.38. The minimum absolute atomic E-state index is 0.0160. The fourth-order valence-electron chi connectivity index (χ4n) is 4.80. The molecular weight excluding hydrogens is 538 g/mol. The van der Waals surface area contributed by atoms with Crippen LogP contribution in [0.25, 0.3) is 0 Å². The highest BCUT2D eigenvalue weighted by Gasteiger charge is 2.41. The van der Waals surface area contributed by atoms with Gasteiger partial charge in [0.15, 0.2) is 6.10 Å². The first-order valence-electron chi connectivity index (χ1n) is 14.6. The Kier molecular flexibility index (Phi) is 10.1. The third-order valence-corrected chi connectivity index (χ3v) is 7.14. The number of aromatic nitrogens is 2. The van der Waals surface area contributed by atoms with E-state index in [9.17, 15) is 19.5 Å². The van der Waals surface area contributed by atoms with E-state index in [1.165, 1.54) is 4.90 Å². The lowest BCUT2D eigenvalue weighted by Crippen LogP contribution is -2.60. The normalized spacial score (nSPS) is 17.8. The van der Waals surface area contributed by atoms with E-state index in [-0.39, 0.29) is 36.6 Å². The van der Waals surface area contributed by atoms with Crippen LogP contribution in [-0.4, -0.2) is 61.8 Å². The van der Waals surface area contributed by atoms with Gasteiger partial charge in [-0.25, -0.2) is 4.79 Å². The molecule has 1 aromatic carbocycles. The van der Waals surface area contributed by atoms with Gasteiger partial charge in [0.25, 0.3) is 0 Å². The van der Waals surface area contributed by atoms with Gasteiger partial charge in [-0.2, -0.15) is 0 Å². The second kappa shape index (κ2) is 12.8. The Balaban J connectivity index is 1.90. The molecule has 3 N–H and O–H groups in total. The molecule has 3 rings (SSSR count). The Labute approximate surface area is 248 Å². The van der Waals surface area contributed by atoms with Crippen molar-refractivity contribution >= 4 is 17.9 Å². The fourth-order valence-corrected chi connectivity index (χ4v) is 4.80. The number of carbonyl (C=O) groups excluding carboxylic acids is 3. The van der Waals surface area contributed by atoms with Crippen molar-refractivity contribution in [2.24, 2.45) is 11.8 Å². The first-order valence-corrected chi connectivity index (χ1v) is 14.6. The number of rotatable bonds is 8. The number of ether oxygens (including phenoxy) is 1. The van der Waals surface area contributed by atoms with Crippen molar-refractivity contribution in [3.05, 3.63) is 47.2 Å². The highest BCUT2D eigenvalue weighted by molar-refractivity contribution is 5.92. The SMILES string of the molecule is CC(C)[C@H](NC(=O)[C@@H]1Cc2ccccc2CN1C(=O)[C@@H](NC(=O)OC(C)(C)C)C(C)C)C(O)c1nnc(C(C)(C)C)o1. The number of nitrogens with zero attached hydrogens (tertiary/aromatic N) is 3. The van der Waals surface area contributed by atoms with Crippen molar-refractivity contribution in [1.29, 1.82) is 0 Å². The summed E-state index contributed by atoms with van der Waals surface area (Å²) < 4.78 is 11.2. The lowest BCUT2D eigenvalue weighted by Gasteiger charge is -2.40. The highest BCUT2D eigenvalue weighted by Crippen LogP contribution is 2.28. The van der Waals surface area contributed by atoms with E-state index in [0.717, 1.165) is 11.1 Å². The second-order valence-corrected chi connectivity index (χ2v) is 13.7. The zero-order valence-electron chi connectivity index (χ0n) is 26.5. The van der Waals surface area contributed by atoms with Gasteiger partial charge >= 0.3 is 6.09 Å². The van der Waals surface area contributed by atoms with Crippen LogP contribution in [0.5, 0.6) is 0 Å². The maximum Gasteiger partial charge on any atom is 0.408 e. The van der Waals surface area contributed by atoms with Crippen molar-refractivity contribution < 1.29 is 28.6 Å². The number of amides is 3. The number of carbonyl (C=O) groups is 3. The molecule has 0 fully saturated rings. The van der Waals surface area contributed by atoms with Crippen LogP contribution in [-0.2, 0) is 32.7 Å². The van der Waals surface area contributed by atoms with Gasteiger partial charge in [0.05, 0.1) is 6.04 Å². The van der Waals surface area contributed by atoms with Crippen LogP contribution >= 0.6 is 0 Å². The third-order valence-electron chi connectivity index (χ3n) is 7.14. The van der Waals surface area contributed by atoms with Crippen LogP contribution in [0.4, 0.5) is 4.79 Å². The number of benzene rings is 1. The van der Waals surface area contributed by atoms with Crippen LogP contribution < -0.4 is 10.6 Å². The molecule has 2 aromatic rings. The molecule has 42 heavy (non-hydrogen) atoms.